The van der Waals surface area contributed by atoms with Crippen LogP contribution in [0.1, 0.15) is 24.8 Å². The van der Waals surface area contributed by atoms with Crippen molar-refractivity contribution >= 4 is 11.6 Å². The van der Waals surface area contributed by atoms with Crippen LogP contribution < -0.4 is 5.73 Å². The number of hydrogen-bond donors (Lipinski definition) is 1. The molecule has 1 aromatic rings. The molecule has 0 amide bonds. The average Bonchev–Trinajstić information content (AvgIpc) is 2.61. The molecule has 0 bridgehead atoms. The normalized spacial score (nSPS) is 25.7. The summed E-state index contributed by atoms with van der Waals surface area (Å²) < 4.78 is 5.77. The van der Waals surface area contributed by atoms with E-state index in [0.29, 0.717) is 6.61 Å². The Hall–Kier alpha value is -0.570. The lowest BCUT2D eigenvalue weighted by Crippen LogP contribution is -2.31. The molecule has 82 valence electrons. The highest BCUT2D eigenvalue weighted by Gasteiger charge is 2.24. The Bertz CT molecular complexity index is 329. The molecule has 0 aromatic heterocycles. The molecule has 2 atom stereocenters. The lowest BCUT2D eigenvalue weighted by molar-refractivity contribution is 0.0357. The Morgan fingerprint density at radius 2 is 2.27 bits per heavy atom. The van der Waals surface area contributed by atoms with Crippen LogP contribution in [0.5, 0.6) is 0 Å². The van der Waals surface area contributed by atoms with E-state index < -0.39 is 0 Å². The number of ether oxygens (including phenoxy) is 1. The van der Waals surface area contributed by atoms with Crippen LogP contribution in [0.2, 0.25) is 5.02 Å². The summed E-state index contributed by atoms with van der Waals surface area (Å²) in [5, 5.41) is 0.756. The van der Waals surface area contributed by atoms with Crippen LogP contribution in [-0.2, 0) is 11.3 Å². The molecule has 15 heavy (non-hydrogen) atoms. The Morgan fingerprint density at radius 3 is 2.93 bits per heavy atom. The van der Waals surface area contributed by atoms with Gasteiger partial charge in [0.1, 0.15) is 0 Å². The van der Waals surface area contributed by atoms with Crippen LogP contribution in [0.15, 0.2) is 24.3 Å². The molecule has 2 N–H and O–H groups in total. The van der Waals surface area contributed by atoms with Crippen LogP contribution in [0, 0.1) is 0 Å². The van der Waals surface area contributed by atoms with Gasteiger partial charge in [-0.2, -0.15) is 0 Å². The zero-order valence-electron chi connectivity index (χ0n) is 8.66. The summed E-state index contributed by atoms with van der Waals surface area (Å²) >= 11 is 5.89. The molecule has 1 aliphatic rings. The Kier molecular flexibility index (Phi) is 3.62. The van der Waals surface area contributed by atoms with E-state index in [4.69, 9.17) is 22.1 Å². The maximum atomic E-state index is 5.92. The molecule has 0 aliphatic heterocycles. The molecular formula is C12H16ClNO. The molecule has 1 fully saturated rings. The van der Waals surface area contributed by atoms with Gasteiger partial charge in [0, 0.05) is 11.1 Å². The molecule has 0 unspecified atom stereocenters. The first kappa shape index (κ1) is 10.9. The minimum atomic E-state index is 0.212. The van der Waals surface area contributed by atoms with E-state index in [-0.39, 0.29) is 12.1 Å². The van der Waals surface area contributed by atoms with Gasteiger partial charge < -0.3 is 10.5 Å². The van der Waals surface area contributed by atoms with Gasteiger partial charge in [0.05, 0.1) is 12.7 Å². The van der Waals surface area contributed by atoms with Gasteiger partial charge in [-0.05, 0) is 37.0 Å². The Labute approximate surface area is 95.4 Å². The zero-order valence-corrected chi connectivity index (χ0v) is 9.41. The first-order valence-corrected chi connectivity index (χ1v) is 5.75. The van der Waals surface area contributed by atoms with E-state index in [1.807, 2.05) is 24.3 Å². The van der Waals surface area contributed by atoms with Gasteiger partial charge in [-0.15, -0.1) is 0 Å². The Balaban J connectivity index is 1.87. The summed E-state index contributed by atoms with van der Waals surface area (Å²) in [6, 6.07) is 7.97. The van der Waals surface area contributed by atoms with Gasteiger partial charge >= 0.3 is 0 Å². The van der Waals surface area contributed by atoms with Gasteiger partial charge in [0.2, 0.25) is 0 Å². The summed E-state index contributed by atoms with van der Waals surface area (Å²) in [5.74, 6) is 0. The summed E-state index contributed by atoms with van der Waals surface area (Å²) in [5.41, 5.74) is 7.03. The monoisotopic (exact) mass is 225 g/mol. The van der Waals surface area contributed by atoms with Crippen molar-refractivity contribution in [3.05, 3.63) is 34.9 Å². The van der Waals surface area contributed by atoms with Gasteiger partial charge in [-0.3, -0.25) is 0 Å². The predicted octanol–water partition coefficient (Wildman–Crippen LogP) is 2.74. The summed E-state index contributed by atoms with van der Waals surface area (Å²) in [6.07, 6.45) is 3.58. The summed E-state index contributed by atoms with van der Waals surface area (Å²) in [4.78, 5) is 0. The molecule has 2 rings (SSSR count). The van der Waals surface area contributed by atoms with Crippen LogP contribution in [0.3, 0.4) is 0 Å². The molecule has 0 heterocycles. The number of rotatable bonds is 3. The quantitative estimate of drug-likeness (QED) is 0.859. The molecule has 0 radical (unpaired) electrons. The van der Waals surface area contributed by atoms with Gasteiger partial charge in [-0.25, -0.2) is 0 Å². The molecule has 0 spiro atoms. The second-order valence-electron chi connectivity index (χ2n) is 4.07. The number of halogens is 1. The van der Waals surface area contributed by atoms with Crippen LogP contribution in [-0.4, -0.2) is 12.1 Å². The lowest BCUT2D eigenvalue weighted by atomic mass is 10.2. The standard InChI is InChI=1S/C12H16ClNO/c13-10-4-1-3-9(7-10)8-15-12-6-2-5-11(12)14/h1,3-4,7,11-12H,2,5-6,8,14H2/t11-,12-/m1/s1. The molecule has 1 saturated carbocycles. The second kappa shape index (κ2) is 4.97. The highest BCUT2D eigenvalue weighted by molar-refractivity contribution is 6.30. The Morgan fingerprint density at radius 1 is 1.40 bits per heavy atom. The van der Waals surface area contributed by atoms with E-state index in [1.165, 1.54) is 6.42 Å². The molecule has 0 saturated heterocycles. The zero-order chi connectivity index (χ0) is 10.7. The van der Waals surface area contributed by atoms with Crippen molar-refractivity contribution in [2.75, 3.05) is 0 Å². The van der Waals surface area contributed by atoms with Crippen molar-refractivity contribution in [3.63, 3.8) is 0 Å². The fraction of sp³-hybridized carbons (Fsp3) is 0.500. The van der Waals surface area contributed by atoms with Crippen LogP contribution in [0.4, 0.5) is 0 Å². The number of hydrogen-bond acceptors (Lipinski definition) is 2. The second-order valence-corrected chi connectivity index (χ2v) is 4.51. The summed E-state index contributed by atoms with van der Waals surface area (Å²) in [6.45, 7) is 0.610. The van der Waals surface area contributed by atoms with E-state index in [9.17, 15) is 0 Å². The maximum absolute atomic E-state index is 5.92. The van der Waals surface area contributed by atoms with Crippen molar-refractivity contribution in [2.45, 2.75) is 38.0 Å². The average molecular weight is 226 g/mol. The first-order chi connectivity index (χ1) is 7.25. The van der Waals surface area contributed by atoms with Gasteiger partial charge in [0.15, 0.2) is 0 Å². The van der Waals surface area contributed by atoms with E-state index >= 15 is 0 Å². The molecule has 1 aromatic carbocycles. The lowest BCUT2D eigenvalue weighted by Gasteiger charge is -2.16. The van der Waals surface area contributed by atoms with Crippen LogP contribution >= 0.6 is 11.6 Å². The number of nitrogens with two attached hydrogens (primary N) is 1. The molecule has 3 heteroatoms. The number of benzene rings is 1. The van der Waals surface area contributed by atoms with Gasteiger partial charge in [-0.1, -0.05) is 23.7 Å². The largest absolute Gasteiger partial charge is 0.372 e. The third kappa shape index (κ3) is 2.94. The SMILES string of the molecule is N[C@@H]1CCC[C@H]1OCc1cccc(Cl)c1. The molecular weight excluding hydrogens is 210 g/mol. The third-order valence-corrected chi connectivity index (χ3v) is 3.09. The highest BCUT2D eigenvalue weighted by atomic mass is 35.5. The maximum Gasteiger partial charge on any atom is 0.0730 e. The fourth-order valence-corrected chi connectivity index (χ4v) is 2.20. The van der Waals surface area contributed by atoms with Crippen molar-refractivity contribution in [2.24, 2.45) is 5.73 Å². The van der Waals surface area contributed by atoms with Crippen molar-refractivity contribution in [3.8, 4) is 0 Å². The first-order valence-electron chi connectivity index (χ1n) is 5.37. The predicted molar refractivity (Wildman–Crippen MR) is 61.9 cm³/mol. The fourth-order valence-electron chi connectivity index (χ4n) is 1.99. The van der Waals surface area contributed by atoms with E-state index in [2.05, 4.69) is 0 Å². The van der Waals surface area contributed by atoms with Gasteiger partial charge in [0.25, 0.3) is 0 Å². The molecule has 2 nitrogen and oxygen atoms in total. The van der Waals surface area contributed by atoms with Crippen LogP contribution in [0.25, 0.3) is 0 Å². The summed E-state index contributed by atoms with van der Waals surface area (Å²) in [7, 11) is 0. The van der Waals surface area contributed by atoms with E-state index in [0.717, 1.165) is 23.4 Å². The van der Waals surface area contributed by atoms with Crippen molar-refractivity contribution < 1.29 is 4.74 Å². The smallest absolute Gasteiger partial charge is 0.0730 e. The molecule has 1 aliphatic carbocycles. The van der Waals surface area contributed by atoms with Crippen molar-refractivity contribution in [1.82, 2.24) is 0 Å². The highest BCUT2D eigenvalue weighted by Crippen LogP contribution is 2.22. The topological polar surface area (TPSA) is 35.2 Å². The minimum Gasteiger partial charge on any atom is -0.372 e. The third-order valence-electron chi connectivity index (χ3n) is 2.86. The van der Waals surface area contributed by atoms with E-state index in [1.54, 1.807) is 0 Å². The minimum absolute atomic E-state index is 0.212. The van der Waals surface area contributed by atoms with Crippen molar-refractivity contribution in [1.29, 1.82) is 0 Å².